The predicted octanol–water partition coefficient (Wildman–Crippen LogP) is 10.4. The monoisotopic (exact) mass is 840 g/mol. The fourth-order valence-corrected chi connectivity index (χ4v) is 8.75. The average molecular weight is 842 g/mol. The molecule has 2 saturated heterocycles. The number of anilines is 2. The number of piperidine rings is 1. The molecule has 4 aromatic carbocycles. The average Bonchev–Trinajstić information content (AvgIpc) is 3.83. The third-order valence-electron chi connectivity index (χ3n) is 10.9. The molecule has 2 aromatic heterocycles. The van der Waals surface area contributed by atoms with Crippen LogP contribution in [0.5, 0.6) is 5.75 Å². The molecule has 1 atom stereocenters. The number of imidazole rings is 1. The van der Waals surface area contributed by atoms with Crippen molar-refractivity contribution in [2.45, 2.75) is 38.3 Å². The molecule has 6 aromatic rings. The Morgan fingerprint density at radius 3 is 2.50 bits per heavy atom. The second-order valence-corrected chi connectivity index (χ2v) is 15.8. The first-order valence-electron chi connectivity index (χ1n) is 19.3. The number of aromatic nitrogens is 3. The van der Waals surface area contributed by atoms with Crippen LogP contribution in [0.1, 0.15) is 48.3 Å². The molecule has 0 spiro atoms. The van der Waals surface area contributed by atoms with E-state index in [2.05, 4.69) is 15.2 Å². The van der Waals surface area contributed by atoms with Crippen LogP contribution >= 0.6 is 34.8 Å². The quantitative estimate of drug-likeness (QED) is 0.118. The number of nitrogens with zero attached hydrogens (tertiary/aromatic N) is 4. The van der Waals surface area contributed by atoms with Gasteiger partial charge in [-0.25, -0.2) is 9.78 Å². The normalized spacial score (nSPS) is 15.4. The number of carbonyl (C=O) groups excluding carboxylic acids is 2. The summed E-state index contributed by atoms with van der Waals surface area (Å²) < 4.78 is 18.6. The lowest BCUT2D eigenvalue weighted by atomic mass is 9.99. The highest BCUT2D eigenvalue weighted by molar-refractivity contribution is 6.35. The molecule has 2 aliphatic heterocycles. The van der Waals surface area contributed by atoms with E-state index in [4.69, 9.17) is 54.0 Å². The van der Waals surface area contributed by atoms with Gasteiger partial charge in [-0.1, -0.05) is 77.3 Å². The van der Waals surface area contributed by atoms with Gasteiger partial charge in [-0.15, -0.1) is 0 Å². The third-order valence-corrected chi connectivity index (χ3v) is 11.7. The summed E-state index contributed by atoms with van der Waals surface area (Å²) in [6, 6.07) is 26.4. The van der Waals surface area contributed by atoms with Gasteiger partial charge >= 0.3 is 6.09 Å². The van der Waals surface area contributed by atoms with Crippen molar-refractivity contribution in [2.24, 2.45) is 0 Å². The Bertz CT molecular complexity index is 2450. The van der Waals surface area contributed by atoms with Crippen LogP contribution in [0.2, 0.25) is 15.1 Å². The highest BCUT2D eigenvalue weighted by Crippen LogP contribution is 2.43. The molecular formula is C44H43Cl3N6O5. The summed E-state index contributed by atoms with van der Waals surface area (Å²) in [6.07, 6.45) is 3.91. The molecule has 14 heteroatoms. The van der Waals surface area contributed by atoms with Crippen LogP contribution < -0.4 is 15.0 Å². The Balaban J connectivity index is 1.21. The second kappa shape index (κ2) is 17.3. The van der Waals surface area contributed by atoms with E-state index in [9.17, 15) is 9.59 Å². The number of ether oxygens (including phenoxy) is 3. The number of nitrogens with one attached hydrogen (secondary N) is 2. The zero-order valence-electron chi connectivity index (χ0n) is 32.1. The van der Waals surface area contributed by atoms with Crippen LogP contribution in [0.3, 0.4) is 0 Å². The van der Waals surface area contributed by atoms with Gasteiger partial charge in [0.2, 0.25) is 0 Å². The van der Waals surface area contributed by atoms with E-state index < -0.39 is 0 Å². The number of fused-ring (bicyclic) bond motifs is 1. The molecule has 0 bridgehead atoms. The Hall–Kier alpha value is -5.20. The minimum Gasteiger partial charge on any atom is -0.491 e. The lowest BCUT2D eigenvalue weighted by Crippen LogP contribution is -2.50. The second-order valence-electron chi connectivity index (χ2n) is 14.5. The van der Waals surface area contributed by atoms with Crippen molar-refractivity contribution in [1.29, 1.82) is 0 Å². The standard InChI is InChI=1S/C44H43Cl3N6O5/c1-27(33-12-9-29(45)23-35(33)47)53-26-48-40(28-7-4-3-5-8-28)42(53)39-34-13-10-30(46)24-36(34)49-41(39)43(54)50-37-25-32(57-22-21-56-2)11-14-38(37)51-18-15-31(16-19-51)52-17-6-20-58-44(52)55/h3-5,7-14,23-27,31,49H,6,15-22H2,1-2H3,(H,50,54)/t27-/m0/s1. The lowest BCUT2D eigenvalue weighted by molar-refractivity contribution is 0.0499. The Morgan fingerprint density at radius 2 is 1.74 bits per heavy atom. The summed E-state index contributed by atoms with van der Waals surface area (Å²) >= 11 is 19.7. The van der Waals surface area contributed by atoms with Gasteiger partial charge in [0.15, 0.2) is 0 Å². The number of hydrogen-bond acceptors (Lipinski definition) is 7. The van der Waals surface area contributed by atoms with E-state index in [0.29, 0.717) is 88.4 Å². The number of amides is 2. The molecule has 8 rings (SSSR count). The van der Waals surface area contributed by atoms with E-state index in [1.807, 2.05) is 95.3 Å². The number of cyclic esters (lactones) is 1. The van der Waals surface area contributed by atoms with Crippen molar-refractivity contribution in [1.82, 2.24) is 19.4 Å². The van der Waals surface area contributed by atoms with E-state index in [1.54, 1.807) is 19.5 Å². The van der Waals surface area contributed by atoms with Crippen molar-refractivity contribution < 1.29 is 23.8 Å². The van der Waals surface area contributed by atoms with Crippen LogP contribution in [0.4, 0.5) is 16.2 Å². The third kappa shape index (κ3) is 8.09. The first-order chi connectivity index (χ1) is 28.2. The molecule has 300 valence electrons. The smallest absolute Gasteiger partial charge is 0.410 e. The van der Waals surface area contributed by atoms with Crippen molar-refractivity contribution in [3.63, 3.8) is 0 Å². The van der Waals surface area contributed by atoms with Crippen LogP contribution in [-0.4, -0.2) is 84.0 Å². The molecule has 0 saturated carbocycles. The minimum atomic E-state index is -0.368. The zero-order valence-corrected chi connectivity index (χ0v) is 34.4. The SMILES string of the molecule is COCCOc1ccc(N2CCC(N3CCCOC3=O)CC2)c(NC(=O)c2[nH]c3cc(Cl)ccc3c2-c2c(-c3ccccc3)ncn2[C@@H](C)c2ccc(Cl)cc2Cl)c1. The van der Waals surface area contributed by atoms with Gasteiger partial charge in [-0.3, -0.25) is 4.79 Å². The highest BCUT2D eigenvalue weighted by Gasteiger charge is 2.33. The Morgan fingerprint density at radius 1 is 0.966 bits per heavy atom. The lowest BCUT2D eigenvalue weighted by Gasteiger charge is -2.40. The minimum absolute atomic E-state index is 0.0910. The van der Waals surface area contributed by atoms with E-state index in [1.165, 1.54) is 0 Å². The molecule has 0 radical (unpaired) electrons. The van der Waals surface area contributed by atoms with Crippen molar-refractivity contribution in [2.75, 3.05) is 56.8 Å². The maximum atomic E-state index is 15.0. The maximum absolute atomic E-state index is 15.0. The number of benzene rings is 4. The van der Waals surface area contributed by atoms with E-state index in [0.717, 1.165) is 47.2 Å². The van der Waals surface area contributed by atoms with Crippen LogP contribution in [-0.2, 0) is 9.47 Å². The molecule has 2 aliphatic rings. The summed E-state index contributed by atoms with van der Waals surface area (Å²) in [5, 5.41) is 5.63. The summed E-state index contributed by atoms with van der Waals surface area (Å²) in [4.78, 5) is 40.0. The number of hydrogen-bond donors (Lipinski definition) is 2. The first-order valence-corrected chi connectivity index (χ1v) is 20.5. The number of halogens is 3. The number of carbonyl (C=O) groups is 2. The van der Waals surface area contributed by atoms with Gasteiger partial charge in [0.1, 0.15) is 18.1 Å². The molecule has 0 aliphatic carbocycles. The fraction of sp³-hybridized carbons (Fsp3) is 0.295. The topological polar surface area (TPSA) is 114 Å². The Kier molecular flexibility index (Phi) is 11.8. The fourth-order valence-electron chi connectivity index (χ4n) is 8.01. The van der Waals surface area contributed by atoms with Gasteiger partial charge in [0.05, 0.1) is 48.3 Å². The molecule has 0 unspecified atom stereocenters. The number of H-pyrrole nitrogens is 1. The first kappa shape index (κ1) is 39.6. The molecule has 11 nitrogen and oxygen atoms in total. The van der Waals surface area contributed by atoms with Gasteiger partial charge < -0.3 is 38.9 Å². The number of aromatic amines is 1. The van der Waals surface area contributed by atoms with Gasteiger partial charge in [-0.05, 0) is 68.1 Å². The van der Waals surface area contributed by atoms with Gasteiger partial charge in [-0.2, -0.15) is 0 Å². The van der Waals surface area contributed by atoms with Crippen molar-refractivity contribution in [3.05, 3.63) is 118 Å². The molecule has 2 fully saturated rings. The van der Waals surface area contributed by atoms with Crippen LogP contribution in [0.15, 0.2) is 91.3 Å². The largest absolute Gasteiger partial charge is 0.491 e. The van der Waals surface area contributed by atoms with Gasteiger partial charge in [0, 0.05) is 76.0 Å². The predicted molar refractivity (Wildman–Crippen MR) is 230 cm³/mol. The number of methoxy groups -OCH3 is 1. The van der Waals surface area contributed by atoms with E-state index >= 15 is 0 Å². The van der Waals surface area contributed by atoms with Crippen molar-refractivity contribution >= 4 is 69.1 Å². The number of rotatable bonds is 12. The van der Waals surface area contributed by atoms with E-state index in [-0.39, 0.29) is 24.1 Å². The van der Waals surface area contributed by atoms with Crippen molar-refractivity contribution in [3.8, 4) is 28.3 Å². The van der Waals surface area contributed by atoms with Gasteiger partial charge in [0.25, 0.3) is 5.91 Å². The summed E-state index contributed by atoms with van der Waals surface area (Å²) in [7, 11) is 1.62. The summed E-state index contributed by atoms with van der Waals surface area (Å²) in [6.45, 7) is 5.33. The molecule has 2 N–H and O–H groups in total. The molecule has 58 heavy (non-hydrogen) atoms. The maximum Gasteiger partial charge on any atom is 0.410 e. The zero-order chi connectivity index (χ0) is 40.3. The molecule has 4 heterocycles. The summed E-state index contributed by atoms with van der Waals surface area (Å²) in [5.74, 6) is 0.219. The van der Waals surface area contributed by atoms with Crippen LogP contribution in [0.25, 0.3) is 33.4 Å². The molecule has 2 amide bonds. The summed E-state index contributed by atoms with van der Waals surface area (Å²) in [5.41, 5.74) is 6.22. The molecular weight excluding hydrogens is 799 g/mol. The Labute approximate surface area is 351 Å². The highest BCUT2D eigenvalue weighted by atomic mass is 35.5. The van der Waals surface area contributed by atoms with Crippen LogP contribution in [0, 0.1) is 0 Å².